The number of morpholine rings is 1. The van der Waals surface area contributed by atoms with E-state index in [1.54, 1.807) is 6.07 Å². The molecular weight excluding hydrogens is 392 g/mol. The molecule has 3 aromatic rings. The van der Waals surface area contributed by atoms with E-state index in [4.69, 9.17) is 16.2 Å². The molecule has 0 unspecified atom stereocenters. The molecule has 1 fully saturated rings. The van der Waals surface area contributed by atoms with Gasteiger partial charge in [0.15, 0.2) is 0 Å². The molecule has 0 radical (unpaired) electrons. The molecule has 1 aromatic heterocycles. The van der Waals surface area contributed by atoms with E-state index in [0.717, 1.165) is 43.2 Å². The maximum absolute atomic E-state index is 11.8. The van der Waals surface area contributed by atoms with Crippen LogP contribution in [0.3, 0.4) is 0 Å². The fourth-order valence-corrected chi connectivity index (χ4v) is 3.49. The lowest BCUT2D eigenvalue weighted by atomic mass is 10.1. The Hall–Kier alpha value is -3.78. The van der Waals surface area contributed by atoms with Gasteiger partial charge in [-0.3, -0.25) is 4.79 Å². The Bertz CT molecular complexity index is 1050. The van der Waals surface area contributed by atoms with Crippen LogP contribution in [0.15, 0.2) is 60.8 Å². The third kappa shape index (κ3) is 5.23. The number of hydrogen-bond donors (Lipinski definition) is 4. The van der Waals surface area contributed by atoms with Crippen LogP contribution >= 0.6 is 0 Å². The van der Waals surface area contributed by atoms with Gasteiger partial charge in [0.25, 0.3) is 5.91 Å². The zero-order chi connectivity index (χ0) is 21.6. The van der Waals surface area contributed by atoms with E-state index >= 15 is 0 Å². The number of rotatable bonds is 7. The SMILES string of the molecule is NC(=O)c1cnc(Nc2ccc(N3CCOCC3)cc2)cc1NCc1cccc(N)c1. The Kier molecular flexibility index (Phi) is 6.18. The molecule has 0 saturated carbocycles. The molecule has 4 rings (SSSR count). The number of nitrogen functional groups attached to an aromatic ring is 1. The summed E-state index contributed by atoms with van der Waals surface area (Å²) >= 11 is 0. The number of amides is 1. The van der Waals surface area contributed by atoms with Crippen molar-refractivity contribution in [3.63, 3.8) is 0 Å². The molecule has 1 amide bonds. The first-order valence-corrected chi connectivity index (χ1v) is 10.2. The third-order valence-corrected chi connectivity index (χ3v) is 5.12. The van der Waals surface area contributed by atoms with Gasteiger partial charge in [-0.25, -0.2) is 4.98 Å². The van der Waals surface area contributed by atoms with Gasteiger partial charge in [-0.1, -0.05) is 12.1 Å². The molecule has 0 spiro atoms. The molecule has 160 valence electrons. The fourth-order valence-electron chi connectivity index (χ4n) is 3.49. The lowest BCUT2D eigenvalue weighted by Crippen LogP contribution is -2.36. The normalized spacial score (nSPS) is 13.6. The second kappa shape index (κ2) is 9.36. The van der Waals surface area contributed by atoms with Gasteiger partial charge in [-0.05, 0) is 42.0 Å². The van der Waals surface area contributed by atoms with Crippen LogP contribution in [0.25, 0.3) is 0 Å². The number of carbonyl (C=O) groups is 1. The highest BCUT2D eigenvalue weighted by Gasteiger charge is 2.12. The van der Waals surface area contributed by atoms with Gasteiger partial charge in [-0.2, -0.15) is 0 Å². The molecule has 0 bridgehead atoms. The average molecular weight is 419 g/mol. The molecule has 0 atom stereocenters. The first kappa shape index (κ1) is 20.5. The molecule has 1 saturated heterocycles. The summed E-state index contributed by atoms with van der Waals surface area (Å²) in [4.78, 5) is 18.5. The van der Waals surface area contributed by atoms with E-state index in [2.05, 4.69) is 32.7 Å². The topological polar surface area (TPSA) is 119 Å². The highest BCUT2D eigenvalue weighted by atomic mass is 16.5. The van der Waals surface area contributed by atoms with Crippen LogP contribution in [0.5, 0.6) is 0 Å². The van der Waals surface area contributed by atoms with Crippen molar-refractivity contribution in [1.29, 1.82) is 0 Å². The molecular formula is C23H26N6O2. The molecule has 6 N–H and O–H groups in total. The highest BCUT2D eigenvalue weighted by molar-refractivity contribution is 5.98. The number of nitrogens with one attached hydrogen (secondary N) is 2. The van der Waals surface area contributed by atoms with Gasteiger partial charge in [-0.15, -0.1) is 0 Å². The van der Waals surface area contributed by atoms with Crippen molar-refractivity contribution in [2.75, 3.05) is 47.6 Å². The molecule has 2 heterocycles. The molecule has 0 aliphatic carbocycles. The van der Waals surface area contributed by atoms with Crippen LogP contribution < -0.4 is 27.0 Å². The summed E-state index contributed by atoms with van der Waals surface area (Å²) in [5, 5.41) is 6.54. The van der Waals surface area contributed by atoms with Crippen LogP contribution in [0.2, 0.25) is 0 Å². The van der Waals surface area contributed by atoms with Crippen molar-refractivity contribution in [3.05, 3.63) is 71.9 Å². The Morgan fingerprint density at radius 1 is 1.10 bits per heavy atom. The summed E-state index contributed by atoms with van der Waals surface area (Å²) in [7, 11) is 0. The zero-order valence-corrected chi connectivity index (χ0v) is 17.2. The van der Waals surface area contributed by atoms with Crippen molar-refractivity contribution < 1.29 is 9.53 Å². The van der Waals surface area contributed by atoms with Crippen LogP contribution in [-0.2, 0) is 11.3 Å². The van der Waals surface area contributed by atoms with Crippen molar-refractivity contribution >= 4 is 34.5 Å². The number of ether oxygens (including phenoxy) is 1. The monoisotopic (exact) mass is 418 g/mol. The van der Waals surface area contributed by atoms with Crippen LogP contribution in [0, 0.1) is 0 Å². The molecule has 2 aromatic carbocycles. The summed E-state index contributed by atoms with van der Waals surface area (Å²) in [5.41, 5.74) is 16.1. The average Bonchev–Trinajstić information content (AvgIpc) is 2.79. The Balaban J connectivity index is 1.48. The number of anilines is 5. The standard InChI is InChI=1S/C23H26N6O2/c24-17-3-1-2-16(12-17)14-26-21-13-22(27-15-20(21)23(25)30)28-18-4-6-19(7-5-18)29-8-10-31-11-9-29/h1-7,12-13,15H,8-11,14,24H2,(H2,25,30)(H2,26,27,28). The number of pyridine rings is 1. The first-order valence-electron chi connectivity index (χ1n) is 10.2. The van der Waals surface area contributed by atoms with Gasteiger partial charge >= 0.3 is 0 Å². The number of nitrogens with two attached hydrogens (primary N) is 2. The number of carbonyl (C=O) groups excluding carboxylic acids is 1. The lowest BCUT2D eigenvalue weighted by molar-refractivity contribution is 0.100. The van der Waals surface area contributed by atoms with E-state index in [-0.39, 0.29) is 0 Å². The maximum atomic E-state index is 11.8. The number of primary amides is 1. The van der Waals surface area contributed by atoms with Gasteiger partial charge in [0.1, 0.15) is 5.82 Å². The van der Waals surface area contributed by atoms with Gasteiger partial charge in [0.05, 0.1) is 24.5 Å². The summed E-state index contributed by atoms with van der Waals surface area (Å²) in [6.07, 6.45) is 1.48. The molecule has 8 nitrogen and oxygen atoms in total. The number of nitrogens with zero attached hydrogens (tertiary/aromatic N) is 2. The van der Waals surface area contributed by atoms with E-state index in [0.29, 0.717) is 29.3 Å². The van der Waals surface area contributed by atoms with Crippen molar-refractivity contribution in [2.45, 2.75) is 6.54 Å². The van der Waals surface area contributed by atoms with E-state index < -0.39 is 5.91 Å². The first-order chi connectivity index (χ1) is 15.1. The summed E-state index contributed by atoms with van der Waals surface area (Å²) in [5.74, 6) is 0.0724. The minimum absolute atomic E-state index is 0.331. The van der Waals surface area contributed by atoms with Crippen molar-refractivity contribution in [2.24, 2.45) is 5.73 Å². The minimum Gasteiger partial charge on any atom is -0.399 e. The quantitative estimate of drug-likeness (QED) is 0.436. The largest absolute Gasteiger partial charge is 0.399 e. The van der Waals surface area contributed by atoms with Crippen LogP contribution in [0.4, 0.5) is 28.6 Å². The van der Waals surface area contributed by atoms with E-state index in [1.165, 1.54) is 6.20 Å². The molecule has 1 aliphatic heterocycles. The molecule has 8 heteroatoms. The van der Waals surface area contributed by atoms with Crippen LogP contribution in [0.1, 0.15) is 15.9 Å². The van der Waals surface area contributed by atoms with E-state index in [9.17, 15) is 4.79 Å². The summed E-state index contributed by atoms with van der Waals surface area (Å²) < 4.78 is 5.41. The van der Waals surface area contributed by atoms with Gasteiger partial charge in [0.2, 0.25) is 0 Å². The number of hydrogen-bond acceptors (Lipinski definition) is 7. The second-order valence-electron chi connectivity index (χ2n) is 7.35. The van der Waals surface area contributed by atoms with E-state index in [1.807, 2.05) is 36.4 Å². The maximum Gasteiger partial charge on any atom is 0.252 e. The smallest absolute Gasteiger partial charge is 0.252 e. The second-order valence-corrected chi connectivity index (χ2v) is 7.35. The lowest BCUT2D eigenvalue weighted by Gasteiger charge is -2.28. The number of benzene rings is 2. The summed E-state index contributed by atoms with van der Waals surface area (Å²) in [6.45, 7) is 3.79. The molecule has 1 aliphatic rings. The predicted octanol–water partition coefficient (Wildman–Crippen LogP) is 2.96. The third-order valence-electron chi connectivity index (χ3n) is 5.12. The van der Waals surface area contributed by atoms with Crippen molar-refractivity contribution in [3.8, 4) is 0 Å². The van der Waals surface area contributed by atoms with Gasteiger partial charge in [0, 0.05) is 49.0 Å². The predicted molar refractivity (Wildman–Crippen MR) is 124 cm³/mol. The summed E-state index contributed by atoms with van der Waals surface area (Å²) in [6, 6.07) is 17.5. The Morgan fingerprint density at radius 3 is 2.58 bits per heavy atom. The highest BCUT2D eigenvalue weighted by Crippen LogP contribution is 2.24. The van der Waals surface area contributed by atoms with Crippen LogP contribution in [-0.4, -0.2) is 37.2 Å². The zero-order valence-electron chi connectivity index (χ0n) is 17.2. The van der Waals surface area contributed by atoms with Gasteiger partial charge < -0.3 is 31.7 Å². The minimum atomic E-state index is -0.538. The number of aromatic nitrogens is 1. The molecule has 31 heavy (non-hydrogen) atoms. The fraction of sp³-hybridized carbons (Fsp3) is 0.217. The Morgan fingerprint density at radius 2 is 1.87 bits per heavy atom. The Labute approximate surface area is 181 Å². The van der Waals surface area contributed by atoms with Crippen molar-refractivity contribution in [1.82, 2.24) is 4.98 Å².